The second-order valence-corrected chi connectivity index (χ2v) is 7.16. The Labute approximate surface area is 107 Å². The monoisotopic (exact) mass is 255 g/mol. The zero-order valence-corrected chi connectivity index (χ0v) is 11.5. The van der Waals surface area contributed by atoms with Crippen LogP contribution in [0.5, 0.6) is 0 Å². The molecule has 90 valence electrons. The molecule has 1 fully saturated rings. The molecule has 1 aromatic rings. The molecule has 3 atom stereocenters. The van der Waals surface area contributed by atoms with E-state index in [1.165, 1.54) is 29.9 Å². The molecule has 2 rings (SSSR count). The zero-order chi connectivity index (χ0) is 11.4. The van der Waals surface area contributed by atoms with E-state index in [-0.39, 0.29) is 0 Å². The first-order valence-electron chi connectivity index (χ1n) is 6.23. The molecule has 3 heteroatoms. The van der Waals surface area contributed by atoms with Crippen molar-refractivity contribution < 1.29 is 0 Å². The summed E-state index contributed by atoms with van der Waals surface area (Å²) in [5.74, 6) is 1.66. The third-order valence-corrected chi connectivity index (χ3v) is 6.17. The van der Waals surface area contributed by atoms with E-state index < -0.39 is 0 Å². The molecular formula is C13H21NS2. The van der Waals surface area contributed by atoms with Crippen LogP contribution in [0.15, 0.2) is 21.7 Å². The molecule has 2 N–H and O–H groups in total. The van der Waals surface area contributed by atoms with Gasteiger partial charge in [-0.25, -0.2) is 0 Å². The second kappa shape index (κ2) is 6.08. The van der Waals surface area contributed by atoms with E-state index in [9.17, 15) is 0 Å². The molecule has 1 aliphatic carbocycles. The number of hydrogen-bond acceptors (Lipinski definition) is 3. The van der Waals surface area contributed by atoms with Crippen LogP contribution in [0.4, 0.5) is 0 Å². The van der Waals surface area contributed by atoms with Gasteiger partial charge in [-0.15, -0.1) is 23.1 Å². The molecule has 0 saturated heterocycles. The lowest BCUT2D eigenvalue weighted by Gasteiger charge is -2.34. The summed E-state index contributed by atoms with van der Waals surface area (Å²) in [5, 5.41) is 2.92. The number of thiophene rings is 1. The minimum atomic E-state index is 0.731. The highest BCUT2D eigenvalue weighted by atomic mass is 32.2. The molecule has 1 heterocycles. The number of rotatable bonds is 4. The minimum absolute atomic E-state index is 0.731. The van der Waals surface area contributed by atoms with Gasteiger partial charge >= 0.3 is 0 Å². The maximum Gasteiger partial charge on any atom is 0.0601 e. The highest BCUT2D eigenvalue weighted by Crippen LogP contribution is 2.41. The SMILES string of the molecule is CCC1CCC(CN)C(Sc2cccs2)C1. The Morgan fingerprint density at radius 3 is 3.00 bits per heavy atom. The molecule has 0 bridgehead atoms. The summed E-state index contributed by atoms with van der Waals surface area (Å²) in [6.45, 7) is 3.18. The van der Waals surface area contributed by atoms with Crippen LogP contribution < -0.4 is 5.73 Å². The molecule has 0 amide bonds. The lowest BCUT2D eigenvalue weighted by atomic mass is 9.80. The van der Waals surface area contributed by atoms with Gasteiger partial charge in [0.1, 0.15) is 0 Å². The molecular weight excluding hydrogens is 234 g/mol. The average molecular weight is 255 g/mol. The van der Waals surface area contributed by atoms with Gasteiger partial charge in [0, 0.05) is 5.25 Å². The largest absolute Gasteiger partial charge is 0.330 e. The number of hydrogen-bond donors (Lipinski definition) is 1. The fourth-order valence-corrected chi connectivity index (χ4v) is 5.01. The maximum atomic E-state index is 5.90. The molecule has 1 aromatic heterocycles. The first-order valence-corrected chi connectivity index (χ1v) is 7.99. The Balaban J connectivity index is 1.97. The van der Waals surface area contributed by atoms with Crippen molar-refractivity contribution >= 4 is 23.1 Å². The average Bonchev–Trinajstić information content (AvgIpc) is 2.82. The van der Waals surface area contributed by atoms with Crippen LogP contribution in [-0.4, -0.2) is 11.8 Å². The fraction of sp³-hybridized carbons (Fsp3) is 0.692. The van der Waals surface area contributed by atoms with E-state index in [0.717, 1.165) is 23.6 Å². The summed E-state index contributed by atoms with van der Waals surface area (Å²) >= 11 is 3.92. The Morgan fingerprint density at radius 2 is 2.38 bits per heavy atom. The van der Waals surface area contributed by atoms with Crippen molar-refractivity contribution in [3.05, 3.63) is 17.5 Å². The second-order valence-electron chi connectivity index (χ2n) is 4.67. The normalized spacial score (nSPS) is 30.5. The van der Waals surface area contributed by atoms with Gasteiger partial charge < -0.3 is 5.73 Å². The van der Waals surface area contributed by atoms with E-state index in [0.29, 0.717) is 0 Å². The Kier molecular flexibility index (Phi) is 4.74. The molecule has 0 aliphatic heterocycles. The molecule has 3 unspecified atom stereocenters. The van der Waals surface area contributed by atoms with Crippen molar-refractivity contribution in [1.29, 1.82) is 0 Å². The van der Waals surface area contributed by atoms with E-state index in [4.69, 9.17) is 5.73 Å². The summed E-state index contributed by atoms with van der Waals surface area (Å²) in [5.41, 5.74) is 5.90. The summed E-state index contributed by atoms with van der Waals surface area (Å²) < 4.78 is 1.46. The third kappa shape index (κ3) is 3.02. The van der Waals surface area contributed by atoms with Crippen molar-refractivity contribution in [2.45, 2.75) is 42.1 Å². The molecule has 1 saturated carbocycles. The minimum Gasteiger partial charge on any atom is -0.330 e. The van der Waals surface area contributed by atoms with E-state index in [1.807, 2.05) is 11.3 Å². The van der Waals surface area contributed by atoms with E-state index in [1.54, 1.807) is 0 Å². The third-order valence-electron chi connectivity index (χ3n) is 3.68. The molecule has 1 aliphatic rings. The molecule has 1 nitrogen and oxygen atoms in total. The van der Waals surface area contributed by atoms with Crippen LogP contribution in [0, 0.1) is 11.8 Å². The standard InChI is InChI=1S/C13H21NS2/c1-2-10-5-6-11(9-14)12(8-10)16-13-4-3-7-15-13/h3-4,7,10-12H,2,5-6,8-9,14H2,1H3. The Hall–Kier alpha value is 0.01000. The highest BCUT2D eigenvalue weighted by molar-refractivity contribution is 8.01. The van der Waals surface area contributed by atoms with Crippen molar-refractivity contribution in [2.75, 3.05) is 6.54 Å². The summed E-state index contributed by atoms with van der Waals surface area (Å²) in [6.07, 6.45) is 5.41. The lowest BCUT2D eigenvalue weighted by molar-refractivity contribution is 0.284. The summed E-state index contributed by atoms with van der Waals surface area (Å²) in [4.78, 5) is 0. The van der Waals surface area contributed by atoms with Gasteiger partial charge in [0.05, 0.1) is 4.21 Å². The summed E-state index contributed by atoms with van der Waals surface area (Å²) in [7, 11) is 0. The van der Waals surface area contributed by atoms with Crippen LogP contribution in [0.3, 0.4) is 0 Å². The smallest absolute Gasteiger partial charge is 0.0601 e. The maximum absolute atomic E-state index is 5.90. The Morgan fingerprint density at radius 1 is 1.50 bits per heavy atom. The van der Waals surface area contributed by atoms with Gasteiger partial charge in [-0.3, -0.25) is 0 Å². The van der Waals surface area contributed by atoms with Crippen molar-refractivity contribution in [1.82, 2.24) is 0 Å². The molecule has 0 radical (unpaired) electrons. The van der Waals surface area contributed by atoms with Gasteiger partial charge in [-0.05, 0) is 42.7 Å². The van der Waals surface area contributed by atoms with Gasteiger partial charge in [-0.1, -0.05) is 25.8 Å². The van der Waals surface area contributed by atoms with Crippen molar-refractivity contribution in [2.24, 2.45) is 17.6 Å². The Bertz CT molecular complexity index is 297. The molecule has 0 aromatic carbocycles. The topological polar surface area (TPSA) is 26.0 Å². The quantitative estimate of drug-likeness (QED) is 0.880. The predicted octanol–water partition coefficient (Wildman–Crippen LogP) is 3.99. The first kappa shape index (κ1) is 12.5. The molecule has 16 heavy (non-hydrogen) atoms. The van der Waals surface area contributed by atoms with Gasteiger partial charge in [0.15, 0.2) is 0 Å². The van der Waals surface area contributed by atoms with Crippen molar-refractivity contribution in [3.8, 4) is 0 Å². The zero-order valence-electron chi connectivity index (χ0n) is 9.89. The first-order chi connectivity index (χ1) is 7.83. The van der Waals surface area contributed by atoms with Gasteiger partial charge in [0.2, 0.25) is 0 Å². The lowest BCUT2D eigenvalue weighted by Crippen LogP contribution is -2.32. The fourth-order valence-electron chi connectivity index (χ4n) is 2.54. The van der Waals surface area contributed by atoms with Crippen molar-refractivity contribution in [3.63, 3.8) is 0 Å². The highest BCUT2D eigenvalue weighted by Gasteiger charge is 2.29. The molecule has 0 spiro atoms. The van der Waals surface area contributed by atoms with Crippen LogP contribution in [0.2, 0.25) is 0 Å². The van der Waals surface area contributed by atoms with Gasteiger partial charge in [0.25, 0.3) is 0 Å². The van der Waals surface area contributed by atoms with Gasteiger partial charge in [-0.2, -0.15) is 0 Å². The summed E-state index contributed by atoms with van der Waals surface area (Å²) in [6, 6.07) is 4.38. The van der Waals surface area contributed by atoms with E-state index >= 15 is 0 Å². The van der Waals surface area contributed by atoms with Crippen LogP contribution in [0.25, 0.3) is 0 Å². The van der Waals surface area contributed by atoms with Crippen LogP contribution >= 0.6 is 23.1 Å². The number of thioether (sulfide) groups is 1. The van der Waals surface area contributed by atoms with Crippen LogP contribution in [-0.2, 0) is 0 Å². The van der Waals surface area contributed by atoms with E-state index in [2.05, 4.69) is 36.2 Å². The van der Waals surface area contributed by atoms with Crippen LogP contribution in [0.1, 0.15) is 32.6 Å². The predicted molar refractivity (Wildman–Crippen MR) is 74.1 cm³/mol. The number of nitrogens with two attached hydrogens (primary N) is 1.